The topological polar surface area (TPSA) is 68.5 Å². The van der Waals surface area contributed by atoms with Crippen molar-refractivity contribution in [2.45, 2.75) is 68.2 Å². The Balaban J connectivity index is 1.48. The zero-order valence-corrected chi connectivity index (χ0v) is 13.7. The van der Waals surface area contributed by atoms with Crippen molar-refractivity contribution < 1.29 is 23.4 Å². The Bertz CT molecular complexity index is 592. The first-order valence-electron chi connectivity index (χ1n) is 8.22. The zero-order valence-electron chi connectivity index (χ0n) is 12.9. The van der Waals surface area contributed by atoms with E-state index in [1.165, 1.54) is 6.20 Å². The molecule has 5 atom stereocenters. The second-order valence-electron chi connectivity index (χ2n) is 6.82. The van der Waals surface area contributed by atoms with Crippen LogP contribution < -0.4 is 5.32 Å². The van der Waals surface area contributed by atoms with Gasteiger partial charge in [-0.15, -0.1) is 0 Å². The SMILES string of the molecule is OC1C(NC2CCC(F)(F)CC2)C2COC(O2)C1n1cc(Cl)cn1. The number of hydrogen-bond acceptors (Lipinski definition) is 5. The molecule has 0 radical (unpaired) electrons. The number of hydrogen-bond donors (Lipinski definition) is 2. The van der Waals surface area contributed by atoms with Gasteiger partial charge in [-0.2, -0.15) is 5.10 Å². The molecule has 6 nitrogen and oxygen atoms in total. The average molecular weight is 364 g/mol. The number of ether oxygens (including phenoxy) is 2. The van der Waals surface area contributed by atoms with Crippen molar-refractivity contribution in [3.63, 3.8) is 0 Å². The molecule has 3 aliphatic rings. The molecule has 2 bridgehead atoms. The summed E-state index contributed by atoms with van der Waals surface area (Å²) in [6.07, 6.45) is 1.91. The second-order valence-corrected chi connectivity index (χ2v) is 7.26. The van der Waals surface area contributed by atoms with E-state index in [1.807, 2.05) is 0 Å². The van der Waals surface area contributed by atoms with Crippen molar-refractivity contribution in [1.82, 2.24) is 15.1 Å². The normalized spacial score (nSPS) is 39.2. The Kier molecular flexibility index (Phi) is 4.29. The lowest BCUT2D eigenvalue weighted by Crippen LogP contribution is -2.60. The van der Waals surface area contributed by atoms with Gasteiger partial charge in [0.2, 0.25) is 5.92 Å². The molecular formula is C15H20ClF2N3O3. The molecule has 2 N–H and O–H groups in total. The molecule has 3 heterocycles. The Labute approximate surface area is 143 Å². The lowest BCUT2D eigenvalue weighted by molar-refractivity contribution is -0.170. The predicted molar refractivity (Wildman–Crippen MR) is 81.0 cm³/mol. The smallest absolute Gasteiger partial charge is 0.248 e. The van der Waals surface area contributed by atoms with Crippen LogP contribution in [-0.4, -0.2) is 58.0 Å². The molecular weight excluding hydrogens is 344 g/mol. The van der Waals surface area contributed by atoms with Gasteiger partial charge in [0.1, 0.15) is 12.1 Å². The van der Waals surface area contributed by atoms with Crippen LogP contribution in [0.2, 0.25) is 5.02 Å². The largest absolute Gasteiger partial charge is 0.389 e. The van der Waals surface area contributed by atoms with Crippen LogP contribution in [0, 0.1) is 0 Å². The number of aliphatic hydroxyl groups excluding tert-OH is 1. The van der Waals surface area contributed by atoms with E-state index in [9.17, 15) is 13.9 Å². The van der Waals surface area contributed by atoms with Gasteiger partial charge in [-0.1, -0.05) is 11.6 Å². The first-order valence-corrected chi connectivity index (χ1v) is 8.59. The second kappa shape index (κ2) is 6.17. The van der Waals surface area contributed by atoms with E-state index in [1.54, 1.807) is 10.9 Å². The van der Waals surface area contributed by atoms with E-state index in [0.717, 1.165) is 0 Å². The summed E-state index contributed by atoms with van der Waals surface area (Å²) >= 11 is 5.91. The first kappa shape index (κ1) is 16.7. The molecule has 3 fully saturated rings. The molecule has 134 valence electrons. The highest BCUT2D eigenvalue weighted by Crippen LogP contribution is 2.38. The number of nitrogens with zero attached hydrogens (tertiary/aromatic N) is 2. The summed E-state index contributed by atoms with van der Waals surface area (Å²) < 4.78 is 39.7. The molecule has 24 heavy (non-hydrogen) atoms. The third kappa shape index (κ3) is 3.06. The van der Waals surface area contributed by atoms with Crippen molar-refractivity contribution in [3.05, 3.63) is 17.4 Å². The summed E-state index contributed by atoms with van der Waals surface area (Å²) in [5.74, 6) is -2.57. The highest BCUT2D eigenvalue weighted by molar-refractivity contribution is 6.30. The number of aromatic nitrogens is 2. The minimum absolute atomic E-state index is 0.0631. The van der Waals surface area contributed by atoms with Crippen LogP contribution in [0.5, 0.6) is 0 Å². The van der Waals surface area contributed by atoms with Gasteiger partial charge in [-0.3, -0.25) is 4.68 Å². The molecule has 2 aliphatic heterocycles. The van der Waals surface area contributed by atoms with E-state index >= 15 is 0 Å². The highest BCUT2D eigenvalue weighted by atomic mass is 35.5. The minimum atomic E-state index is -2.57. The number of halogens is 3. The van der Waals surface area contributed by atoms with Crippen molar-refractivity contribution in [2.75, 3.05) is 6.61 Å². The fourth-order valence-electron chi connectivity index (χ4n) is 3.85. The molecule has 5 unspecified atom stereocenters. The van der Waals surface area contributed by atoms with Gasteiger partial charge >= 0.3 is 0 Å². The molecule has 1 aromatic heterocycles. The van der Waals surface area contributed by atoms with Crippen molar-refractivity contribution in [2.24, 2.45) is 0 Å². The van der Waals surface area contributed by atoms with E-state index < -0.39 is 30.4 Å². The molecule has 4 rings (SSSR count). The number of aliphatic hydroxyl groups is 1. The molecule has 0 amide bonds. The first-order chi connectivity index (χ1) is 11.4. The minimum Gasteiger partial charge on any atom is -0.389 e. The van der Waals surface area contributed by atoms with Gasteiger partial charge in [0.15, 0.2) is 6.29 Å². The third-order valence-electron chi connectivity index (χ3n) is 5.15. The Hall–Kier alpha value is -0.800. The lowest BCUT2D eigenvalue weighted by Gasteiger charge is -2.41. The molecule has 1 aliphatic carbocycles. The van der Waals surface area contributed by atoms with Crippen LogP contribution in [0.15, 0.2) is 12.4 Å². The Morgan fingerprint density at radius 1 is 1.38 bits per heavy atom. The summed E-state index contributed by atoms with van der Waals surface area (Å²) in [5.41, 5.74) is 0. The van der Waals surface area contributed by atoms with Crippen molar-refractivity contribution in [1.29, 1.82) is 0 Å². The molecule has 9 heteroatoms. The summed E-state index contributed by atoms with van der Waals surface area (Å²) in [6.45, 7) is 0.355. The van der Waals surface area contributed by atoms with E-state index in [0.29, 0.717) is 24.5 Å². The van der Waals surface area contributed by atoms with E-state index in [-0.39, 0.29) is 25.0 Å². The summed E-state index contributed by atoms with van der Waals surface area (Å²) in [4.78, 5) is 0. The number of nitrogens with one attached hydrogen (secondary N) is 1. The van der Waals surface area contributed by atoms with Crippen LogP contribution in [0.4, 0.5) is 8.78 Å². The van der Waals surface area contributed by atoms with E-state index in [2.05, 4.69) is 10.4 Å². The van der Waals surface area contributed by atoms with Crippen molar-refractivity contribution >= 4 is 11.6 Å². The van der Waals surface area contributed by atoms with Gasteiger partial charge in [0.25, 0.3) is 0 Å². The van der Waals surface area contributed by atoms with Gasteiger partial charge in [0.05, 0.1) is 30.0 Å². The third-order valence-corrected chi connectivity index (χ3v) is 5.35. The van der Waals surface area contributed by atoms with Gasteiger partial charge < -0.3 is 19.9 Å². The standard InChI is InChI=1S/C15H20ClF2N3O3/c16-8-5-19-21(6-8)12-13(22)11(10-7-23-14(12)24-10)20-9-1-3-15(17,18)4-2-9/h5-6,9-14,20,22H,1-4,7H2. The Morgan fingerprint density at radius 2 is 2.12 bits per heavy atom. The number of alkyl halides is 2. The summed E-state index contributed by atoms with van der Waals surface area (Å²) in [6, 6.07) is -0.987. The Morgan fingerprint density at radius 3 is 2.79 bits per heavy atom. The maximum atomic E-state index is 13.3. The fraction of sp³-hybridized carbons (Fsp3) is 0.800. The van der Waals surface area contributed by atoms with E-state index in [4.69, 9.17) is 21.1 Å². The monoisotopic (exact) mass is 363 g/mol. The van der Waals surface area contributed by atoms with Gasteiger partial charge in [-0.25, -0.2) is 8.78 Å². The summed E-state index contributed by atoms with van der Waals surface area (Å²) in [5, 5.41) is 18.8. The lowest BCUT2D eigenvalue weighted by atomic mass is 9.89. The zero-order chi connectivity index (χ0) is 16.9. The quantitative estimate of drug-likeness (QED) is 0.856. The molecule has 1 aromatic rings. The molecule has 0 spiro atoms. The van der Waals surface area contributed by atoms with Crippen molar-refractivity contribution in [3.8, 4) is 0 Å². The average Bonchev–Trinajstić information content (AvgIpc) is 3.14. The highest BCUT2D eigenvalue weighted by Gasteiger charge is 2.52. The number of fused-ring (bicyclic) bond motifs is 2. The van der Waals surface area contributed by atoms with Crippen LogP contribution in [0.25, 0.3) is 0 Å². The number of rotatable bonds is 3. The predicted octanol–water partition coefficient (Wildman–Crippen LogP) is 1.73. The van der Waals surface area contributed by atoms with Gasteiger partial charge in [-0.05, 0) is 12.8 Å². The van der Waals surface area contributed by atoms with Crippen LogP contribution >= 0.6 is 11.6 Å². The molecule has 1 saturated carbocycles. The van der Waals surface area contributed by atoms with Crippen LogP contribution in [0.1, 0.15) is 31.7 Å². The molecule has 0 aromatic carbocycles. The van der Waals surface area contributed by atoms with Crippen LogP contribution in [0.3, 0.4) is 0 Å². The summed E-state index contributed by atoms with van der Waals surface area (Å²) in [7, 11) is 0. The van der Waals surface area contributed by atoms with Crippen LogP contribution in [-0.2, 0) is 9.47 Å². The fourth-order valence-corrected chi connectivity index (χ4v) is 3.99. The van der Waals surface area contributed by atoms with Gasteiger partial charge in [0, 0.05) is 25.1 Å². The maximum absolute atomic E-state index is 13.3. The maximum Gasteiger partial charge on any atom is 0.248 e. The molecule has 2 saturated heterocycles.